The van der Waals surface area contributed by atoms with E-state index in [-0.39, 0.29) is 17.8 Å². The largest absolute Gasteiger partial charge is 0.497 e. The highest BCUT2D eigenvalue weighted by Crippen LogP contribution is 2.21. The third kappa shape index (κ3) is 4.66. The molecule has 142 valence electrons. The van der Waals surface area contributed by atoms with Gasteiger partial charge >= 0.3 is 0 Å². The van der Waals surface area contributed by atoms with E-state index in [1.54, 1.807) is 37.4 Å². The number of hydrogen-bond donors (Lipinski definition) is 1. The molecule has 0 atom stereocenters. The molecule has 3 aromatic rings. The SMILES string of the molecule is COc1ccc(-c2cc(NC=O)c(=O)n(C/C=C/c3ccc(Cl)cc3)n2)cc1. The summed E-state index contributed by atoms with van der Waals surface area (Å²) in [5, 5.41) is 7.53. The summed E-state index contributed by atoms with van der Waals surface area (Å²) in [6, 6.07) is 16.2. The first kappa shape index (κ1) is 19.4. The normalized spacial score (nSPS) is 10.8. The maximum atomic E-state index is 12.5. The number of nitrogens with zero attached hydrogens (tertiary/aromatic N) is 2. The number of carbonyl (C=O) groups is 1. The molecule has 0 saturated carbocycles. The predicted octanol–water partition coefficient (Wildman–Crippen LogP) is 3.85. The molecule has 28 heavy (non-hydrogen) atoms. The second-order valence-corrected chi connectivity index (χ2v) is 6.31. The van der Waals surface area contributed by atoms with Gasteiger partial charge in [0.2, 0.25) is 6.41 Å². The highest BCUT2D eigenvalue weighted by molar-refractivity contribution is 6.30. The lowest BCUT2D eigenvalue weighted by molar-refractivity contribution is -0.105. The van der Waals surface area contributed by atoms with Gasteiger partial charge in [0.15, 0.2) is 0 Å². The van der Waals surface area contributed by atoms with E-state index >= 15 is 0 Å². The minimum Gasteiger partial charge on any atom is -0.497 e. The van der Waals surface area contributed by atoms with Crippen molar-refractivity contribution in [2.24, 2.45) is 0 Å². The molecular formula is C21H18ClN3O3. The summed E-state index contributed by atoms with van der Waals surface area (Å²) in [6.45, 7) is 0.249. The fourth-order valence-electron chi connectivity index (χ4n) is 2.60. The van der Waals surface area contributed by atoms with Crippen LogP contribution in [0.25, 0.3) is 17.3 Å². The number of rotatable bonds is 7. The lowest BCUT2D eigenvalue weighted by Gasteiger charge is -2.09. The molecule has 6 nitrogen and oxygen atoms in total. The van der Waals surface area contributed by atoms with Crippen LogP contribution in [0.5, 0.6) is 5.75 Å². The third-order valence-electron chi connectivity index (χ3n) is 4.03. The molecular weight excluding hydrogens is 378 g/mol. The van der Waals surface area contributed by atoms with Gasteiger partial charge in [-0.1, -0.05) is 35.9 Å². The molecule has 7 heteroatoms. The molecule has 0 aliphatic heterocycles. The van der Waals surface area contributed by atoms with Crippen LogP contribution in [0.3, 0.4) is 0 Å². The van der Waals surface area contributed by atoms with Gasteiger partial charge in [0, 0.05) is 10.6 Å². The maximum Gasteiger partial charge on any atom is 0.290 e. The summed E-state index contributed by atoms with van der Waals surface area (Å²) in [7, 11) is 1.59. The Bertz CT molecular complexity index is 1040. The topological polar surface area (TPSA) is 73.2 Å². The smallest absolute Gasteiger partial charge is 0.290 e. The van der Waals surface area contributed by atoms with Gasteiger partial charge in [-0.2, -0.15) is 5.10 Å². The molecule has 0 unspecified atom stereocenters. The van der Waals surface area contributed by atoms with Crippen LogP contribution in [0.15, 0.2) is 65.5 Å². The Morgan fingerprint density at radius 3 is 2.50 bits per heavy atom. The number of hydrogen-bond acceptors (Lipinski definition) is 4. The van der Waals surface area contributed by atoms with Crippen LogP contribution in [0.2, 0.25) is 5.02 Å². The molecule has 1 heterocycles. The lowest BCUT2D eigenvalue weighted by atomic mass is 10.1. The van der Waals surface area contributed by atoms with E-state index in [0.29, 0.717) is 22.9 Å². The molecule has 0 aliphatic carbocycles. The molecule has 0 spiro atoms. The van der Waals surface area contributed by atoms with E-state index in [0.717, 1.165) is 11.1 Å². The first-order valence-corrected chi connectivity index (χ1v) is 8.87. The van der Waals surface area contributed by atoms with E-state index < -0.39 is 0 Å². The maximum absolute atomic E-state index is 12.5. The van der Waals surface area contributed by atoms with E-state index in [1.165, 1.54) is 4.68 Å². The molecule has 0 fully saturated rings. The predicted molar refractivity (Wildman–Crippen MR) is 111 cm³/mol. The van der Waals surface area contributed by atoms with Crippen molar-refractivity contribution in [2.75, 3.05) is 12.4 Å². The molecule has 1 amide bonds. The lowest BCUT2D eigenvalue weighted by Crippen LogP contribution is -2.25. The Balaban J connectivity index is 1.92. The van der Waals surface area contributed by atoms with Crippen molar-refractivity contribution in [3.63, 3.8) is 0 Å². The van der Waals surface area contributed by atoms with Gasteiger partial charge in [0.05, 0.1) is 19.3 Å². The molecule has 1 aromatic heterocycles. The van der Waals surface area contributed by atoms with Crippen LogP contribution < -0.4 is 15.6 Å². The number of halogens is 1. The fourth-order valence-corrected chi connectivity index (χ4v) is 2.72. The van der Waals surface area contributed by atoms with Crippen molar-refractivity contribution in [3.8, 4) is 17.0 Å². The number of methoxy groups -OCH3 is 1. The van der Waals surface area contributed by atoms with Crippen LogP contribution in [0, 0.1) is 0 Å². The van der Waals surface area contributed by atoms with Crippen LogP contribution >= 0.6 is 11.6 Å². The summed E-state index contributed by atoms with van der Waals surface area (Å²) >= 11 is 5.88. The summed E-state index contributed by atoms with van der Waals surface area (Å²) in [4.78, 5) is 23.4. The monoisotopic (exact) mass is 395 g/mol. The van der Waals surface area contributed by atoms with E-state index in [4.69, 9.17) is 16.3 Å². The molecule has 0 aliphatic rings. The molecule has 2 aromatic carbocycles. The Morgan fingerprint density at radius 1 is 1.14 bits per heavy atom. The molecule has 1 N–H and O–H groups in total. The zero-order valence-electron chi connectivity index (χ0n) is 15.1. The summed E-state index contributed by atoms with van der Waals surface area (Å²) < 4.78 is 6.46. The fraction of sp³-hybridized carbons (Fsp3) is 0.0952. The second kappa shape index (κ2) is 9.01. The average Bonchev–Trinajstić information content (AvgIpc) is 2.72. The van der Waals surface area contributed by atoms with Crippen molar-refractivity contribution in [1.82, 2.24) is 9.78 Å². The van der Waals surface area contributed by atoms with Gasteiger partial charge in [-0.3, -0.25) is 9.59 Å². The zero-order valence-corrected chi connectivity index (χ0v) is 15.9. The molecule has 0 saturated heterocycles. The van der Waals surface area contributed by atoms with Crippen LogP contribution in [-0.4, -0.2) is 23.3 Å². The second-order valence-electron chi connectivity index (χ2n) is 5.88. The number of nitrogens with one attached hydrogen (secondary N) is 1. The molecule has 0 bridgehead atoms. The number of benzene rings is 2. The first-order chi connectivity index (χ1) is 13.6. The number of ether oxygens (including phenoxy) is 1. The molecule has 0 radical (unpaired) electrons. The van der Waals surface area contributed by atoms with Crippen molar-refractivity contribution in [2.45, 2.75) is 6.54 Å². The molecule has 3 rings (SSSR count). The van der Waals surface area contributed by atoms with Crippen molar-refractivity contribution in [1.29, 1.82) is 0 Å². The van der Waals surface area contributed by atoms with Gasteiger partial charge in [0.25, 0.3) is 5.56 Å². The van der Waals surface area contributed by atoms with Gasteiger partial charge in [-0.05, 0) is 48.0 Å². The van der Waals surface area contributed by atoms with E-state index in [1.807, 2.05) is 36.4 Å². The zero-order chi connectivity index (χ0) is 19.9. The summed E-state index contributed by atoms with van der Waals surface area (Å²) in [5.74, 6) is 0.717. The first-order valence-electron chi connectivity index (χ1n) is 8.49. The minimum absolute atomic E-state index is 0.163. The van der Waals surface area contributed by atoms with Crippen LogP contribution in [-0.2, 0) is 11.3 Å². The highest BCUT2D eigenvalue weighted by Gasteiger charge is 2.09. The number of allylic oxidation sites excluding steroid dienone is 1. The Hall–Kier alpha value is -3.38. The van der Waals surface area contributed by atoms with Crippen molar-refractivity contribution >= 4 is 29.8 Å². The van der Waals surface area contributed by atoms with Crippen molar-refractivity contribution < 1.29 is 9.53 Å². The van der Waals surface area contributed by atoms with Gasteiger partial charge in [-0.25, -0.2) is 4.68 Å². The standard InChI is InChI=1S/C21H18ClN3O3/c1-28-18-10-6-16(7-11-18)19-13-20(23-14-26)21(27)25(24-19)12-2-3-15-4-8-17(22)9-5-15/h2-11,13-14H,12H2,1H3,(H,23,26)/b3-2+. The van der Waals surface area contributed by atoms with Gasteiger partial charge in [-0.15, -0.1) is 0 Å². The van der Waals surface area contributed by atoms with Gasteiger partial charge in [0.1, 0.15) is 11.4 Å². The van der Waals surface area contributed by atoms with E-state index in [9.17, 15) is 9.59 Å². The van der Waals surface area contributed by atoms with Crippen LogP contribution in [0.1, 0.15) is 5.56 Å². The summed E-state index contributed by atoms with van der Waals surface area (Å²) in [6.07, 6.45) is 4.17. The van der Waals surface area contributed by atoms with E-state index in [2.05, 4.69) is 10.4 Å². The Morgan fingerprint density at radius 2 is 1.86 bits per heavy atom. The van der Waals surface area contributed by atoms with Crippen LogP contribution in [0.4, 0.5) is 5.69 Å². The summed E-state index contributed by atoms with van der Waals surface area (Å²) in [5.41, 5.74) is 2.09. The third-order valence-corrected chi connectivity index (χ3v) is 4.29. The Labute approximate surface area is 167 Å². The number of carbonyl (C=O) groups excluding carboxylic acids is 1. The minimum atomic E-state index is -0.384. The van der Waals surface area contributed by atoms with Crippen molar-refractivity contribution in [3.05, 3.63) is 81.6 Å². The van der Waals surface area contributed by atoms with Gasteiger partial charge < -0.3 is 10.1 Å². The Kier molecular flexibility index (Phi) is 6.24. The average molecular weight is 396 g/mol. The number of anilines is 1. The number of aromatic nitrogens is 2. The number of amides is 1. The quantitative estimate of drug-likeness (QED) is 0.616. The highest BCUT2D eigenvalue weighted by atomic mass is 35.5.